The molecule has 1 saturated heterocycles. The van der Waals surface area contributed by atoms with Gasteiger partial charge < -0.3 is 4.74 Å². The molecule has 0 unspecified atom stereocenters. The lowest BCUT2D eigenvalue weighted by molar-refractivity contribution is -0.384. The Kier molecular flexibility index (Phi) is 6.46. The van der Waals surface area contributed by atoms with Gasteiger partial charge in [0.1, 0.15) is 12.3 Å². The van der Waals surface area contributed by atoms with Crippen molar-refractivity contribution in [1.82, 2.24) is 10.0 Å². The zero-order valence-corrected chi connectivity index (χ0v) is 19.2. The largest absolute Gasteiger partial charge is 0.497 e. The Bertz CT molecular complexity index is 1250. The summed E-state index contributed by atoms with van der Waals surface area (Å²) >= 11 is 0. The van der Waals surface area contributed by atoms with Crippen LogP contribution in [0, 0.1) is 22.0 Å². The first kappa shape index (κ1) is 23.8. The molecule has 10 nitrogen and oxygen atoms in total. The number of methoxy groups -OCH3 is 1. The Hall–Kier alpha value is -4.34. The summed E-state index contributed by atoms with van der Waals surface area (Å²) in [6.07, 6.45) is 2.64. The maximum atomic E-state index is 13.5. The molecule has 0 bridgehead atoms. The quantitative estimate of drug-likeness (QED) is 0.197. The third-order valence-electron chi connectivity index (χ3n) is 6.28. The number of carbonyl (C=O) groups is 4. The molecule has 0 saturated carbocycles. The number of non-ortho nitro benzene ring substituents is 1. The van der Waals surface area contributed by atoms with Gasteiger partial charge in [-0.3, -0.25) is 29.3 Å². The Balaban J connectivity index is 1.70. The molecule has 4 rings (SSSR count). The van der Waals surface area contributed by atoms with Crippen molar-refractivity contribution in [3.05, 3.63) is 81.4 Å². The monoisotopic (exact) mass is 477 g/mol. The lowest BCUT2D eigenvalue weighted by atomic mass is 9.82. The third-order valence-corrected chi connectivity index (χ3v) is 6.28. The number of carbonyl (C=O) groups excluding carboxylic acids is 4. The average molecular weight is 477 g/mol. The van der Waals surface area contributed by atoms with Crippen LogP contribution in [0.3, 0.4) is 0 Å². The standard InChI is InChI=1S/C25H23N3O7/c1-15-6-11-20-21(12-15)25(32)27(24(20)31)26(14-22(29)16-7-9-19(35-2)10-8-16)23(30)17-4-3-5-18(13-17)28(33)34/h3-10,13,20-21H,11-12,14H2,1-2H3/t20-,21-/m0/s1. The second-order valence-corrected chi connectivity index (χ2v) is 8.51. The molecule has 0 radical (unpaired) electrons. The molecule has 10 heteroatoms. The first-order chi connectivity index (χ1) is 16.7. The van der Waals surface area contributed by atoms with Gasteiger partial charge in [0.05, 0.1) is 23.9 Å². The molecule has 0 aromatic heterocycles. The lowest BCUT2D eigenvalue weighted by Gasteiger charge is -2.30. The summed E-state index contributed by atoms with van der Waals surface area (Å²) in [7, 11) is 1.48. The van der Waals surface area contributed by atoms with E-state index in [1.54, 1.807) is 12.1 Å². The molecule has 3 amide bonds. The van der Waals surface area contributed by atoms with E-state index in [0.717, 1.165) is 21.7 Å². The smallest absolute Gasteiger partial charge is 0.273 e. The Morgan fingerprint density at radius 1 is 1.09 bits per heavy atom. The van der Waals surface area contributed by atoms with Crippen molar-refractivity contribution in [2.45, 2.75) is 19.8 Å². The summed E-state index contributed by atoms with van der Waals surface area (Å²) < 4.78 is 5.10. The number of allylic oxidation sites excluding steroid dienone is 2. The van der Waals surface area contributed by atoms with Gasteiger partial charge in [-0.2, -0.15) is 5.01 Å². The summed E-state index contributed by atoms with van der Waals surface area (Å²) in [4.78, 5) is 63.7. The summed E-state index contributed by atoms with van der Waals surface area (Å²) in [6.45, 7) is 1.27. The molecule has 1 heterocycles. The minimum atomic E-state index is -0.861. The Morgan fingerprint density at radius 3 is 2.43 bits per heavy atom. The van der Waals surface area contributed by atoms with Crippen molar-refractivity contribution in [2.75, 3.05) is 13.7 Å². The summed E-state index contributed by atoms with van der Waals surface area (Å²) in [6, 6.07) is 11.1. The number of hydrogen-bond donors (Lipinski definition) is 0. The summed E-state index contributed by atoms with van der Waals surface area (Å²) in [5.74, 6) is -3.22. The van der Waals surface area contributed by atoms with E-state index in [0.29, 0.717) is 18.6 Å². The minimum Gasteiger partial charge on any atom is -0.497 e. The van der Waals surface area contributed by atoms with E-state index < -0.39 is 46.8 Å². The molecule has 2 atom stereocenters. The van der Waals surface area contributed by atoms with Gasteiger partial charge in [-0.1, -0.05) is 17.7 Å². The molecule has 2 aromatic carbocycles. The number of fused-ring (bicyclic) bond motifs is 1. The topological polar surface area (TPSA) is 127 Å². The minimum absolute atomic E-state index is 0.119. The number of hydrogen-bond acceptors (Lipinski definition) is 7. The molecule has 1 aliphatic carbocycles. The van der Waals surface area contributed by atoms with Crippen molar-refractivity contribution in [3.8, 4) is 5.75 Å². The van der Waals surface area contributed by atoms with Crippen LogP contribution < -0.4 is 4.74 Å². The second kappa shape index (κ2) is 9.49. The number of imide groups is 1. The SMILES string of the molecule is COc1ccc(C(=O)CN(C(=O)c2cccc([N+](=O)[O-])c2)N2C(=O)[C@H]3CC=C(C)C[C@@H]3C2=O)cc1. The van der Waals surface area contributed by atoms with Crippen LogP contribution in [0.25, 0.3) is 0 Å². The third kappa shape index (κ3) is 4.54. The predicted molar refractivity (Wildman–Crippen MR) is 123 cm³/mol. The highest BCUT2D eigenvalue weighted by atomic mass is 16.6. The highest BCUT2D eigenvalue weighted by Crippen LogP contribution is 2.38. The van der Waals surface area contributed by atoms with Crippen molar-refractivity contribution in [2.24, 2.45) is 11.8 Å². The maximum absolute atomic E-state index is 13.5. The number of hydrazine groups is 1. The fourth-order valence-corrected chi connectivity index (χ4v) is 4.40. The van der Waals surface area contributed by atoms with E-state index >= 15 is 0 Å². The number of ketones is 1. The van der Waals surface area contributed by atoms with Gasteiger partial charge >= 0.3 is 0 Å². The van der Waals surface area contributed by atoms with E-state index in [1.807, 2.05) is 13.0 Å². The molecule has 0 spiro atoms. The molecule has 2 aliphatic rings. The van der Waals surface area contributed by atoms with Crippen molar-refractivity contribution in [1.29, 1.82) is 0 Å². The van der Waals surface area contributed by atoms with Crippen molar-refractivity contribution in [3.63, 3.8) is 0 Å². The molecular weight excluding hydrogens is 454 g/mol. The van der Waals surface area contributed by atoms with E-state index in [4.69, 9.17) is 4.74 Å². The predicted octanol–water partition coefficient (Wildman–Crippen LogP) is 3.18. The van der Waals surface area contributed by atoms with Crippen LogP contribution in [0.15, 0.2) is 60.2 Å². The number of nitro benzene ring substituents is 1. The van der Waals surface area contributed by atoms with Crippen molar-refractivity contribution >= 4 is 29.2 Å². The van der Waals surface area contributed by atoms with Gasteiger partial charge in [-0.15, -0.1) is 0 Å². The first-order valence-electron chi connectivity index (χ1n) is 11.0. The van der Waals surface area contributed by atoms with Gasteiger partial charge in [0.25, 0.3) is 23.4 Å². The average Bonchev–Trinajstić information content (AvgIpc) is 3.11. The fourth-order valence-electron chi connectivity index (χ4n) is 4.40. The van der Waals surface area contributed by atoms with Crippen LogP contribution in [-0.2, 0) is 9.59 Å². The van der Waals surface area contributed by atoms with Gasteiger partial charge in [-0.25, -0.2) is 5.01 Å². The van der Waals surface area contributed by atoms with Crippen LogP contribution in [0.1, 0.15) is 40.5 Å². The fraction of sp³-hybridized carbons (Fsp3) is 0.280. The van der Waals surface area contributed by atoms with Gasteiger partial charge in [0.2, 0.25) is 0 Å². The molecular formula is C25H23N3O7. The number of amides is 3. The van der Waals surface area contributed by atoms with Gasteiger partial charge in [0, 0.05) is 23.3 Å². The molecule has 1 fully saturated rings. The van der Waals surface area contributed by atoms with Crippen LogP contribution in [0.4, 0.5) is 5.69 Å². The van der Waals surface area contributed by atoms with E-state index in [1.165, 1.54) is 37.4 Å². The number of ether oxygens (including phenoxy) is 1. The van der Waals surface area contributed by atoms with Gasteiger partial charge in [-0.05, 0) is 50.1 Å². The molecule has 0 N–H and O–H groups in total. The highest BCUT2D eigenvalue weighted by Gasteiger charge is 2.51. The number of Topliss-reactive ketones (excluding diaryl/α,β-unsaturated/α-hetero) is 1. The Labute approximate surface area is 200 Å². The maximum Gasteiger partial charge on any atom is 0.273 e. The lowest BCUT2D eigenvalue weighted by Crippen LogP contribution is -2.52. The molecule has 1 aliphatic heterocycles. The molecule has 2 aromatic rings. The van der Waals surface area contributed by atoms with E-state index in [2.05, 4.69) is 0 Å². The summed E-state index contributed by atoms with van der Waals surface area (Å²) in [5, 5.41) is 12.8. The van der Waals surface area contributed by atoms with E-state index in [-0.39, 0.29) is 16.8 Å². The van der Waals surface area contributed by atoms with Crippen molar-refractivity contribution < 1.29 is 28.8 Å². The number of nitrogens with zero attached hydrogens (tertiary/aromatic N) is 3. The number of benzene rings is 2. The van der Waals surface area contributed by atoms with Crippen LogP contribution in [0.2, 0.25) is 0 Å². The highest BCUT2D eigenvalue weighted by molar-refractivity contribution is 6.09. The Morgan fingerprint density at radius 2 is 1.77 bits per heavy atom. The normalized spacial score (nSPS) is 19.1. The first-order valence-corrected chi connectivity index (χ1v) is 11.0. The van der Waals surface area contributed by atoms with Crippen LogP contribution in [-0.4, -0.2) is 52.1 Å². The molecule has 35 heavy (non-hydrogen) atoms. The number of nitro groups is 1. The van der Waals surface area contributed by atoms with Gasteiger partial charge in [0.15, 0.2) is 5.78 Å². The summed E-state index contributed by atoms with van der Waals surface area (Å²) in [5.41, 5.74) is 0.771. The molecule has 180 valence electrons. The van der Waals surface area contributed by atoms with E-state index in [9.17, 15) is 29.3 Å². The van der Waals surface area contributed by atoms with Crippen LogP contribution >= 0.6 is 0 Å². The zero-order chi connectivity index (χ0) is 25.3. The number of rotatable bonds is 7. The zero-order valence-electron chi connectivity index (χ0n) is 19.2. The second-order valence-electron chi connectivity index (χ2n) is 8.51. The van der Waals surface area contributed by atoms with Crippen LogP contribution in [0.5, 0.6) is 5.75 Å².